The molecule has 23 heavy (non-hydrogen) atoms. The van der Waals surface area contributed by atoms with Gasteiger partial charge in [-0.15, -0.1) is 0 Å². The number of H-pyrrole nitrogens is 1. The number of aromatic nitrogens is 1. The lowest BCUT2D eigenvalue weighted by Crippen LogP contribution is -2.55. The first kappa shape index (κ1) is 16.0. The predicted octanol–water partition coefficient (Wildman–Crippen LogP) is 2.57. The van der Waals surface area contributed by atoms with Crippen molar-refractivity contribution in [3.8, 4) is 0 Å². The predicted molar refractivity (Wildman–Crippen MR) is 85.0 cm³/mol. The second-order valence-corrected chi connectivity index (χ2v) is 6.52. The Hall–Kier alpha value is -1.92. The van der Waals surface area contributed by atoms with Crippen LogP contribution in [0.15, 0.2) is 24.3 Å². The Morgan fingerprint density at radius 2 is 2.30 bits per heavy atom. The van der Waals surface area contributed by atoms with Crippen LogP contribution in [0.3, 0.4) is 0 Å². The van der Waals surface area contributed by atoms with Crippen molar-refractivity contribution >= 4 is 16.8 Å². The SMILES string of the molecule is COCC1CN(C(=O)c2cc3c(F)cccc3[nH]2)CC(C)(C)O1. The Balaban J connectivity index is 1.86. The molecule has 2 aromatic rings. The molecule has 1 aromatic heterocycles. The topological polar surface area (TPSA) is 54.6 Å². The number of amides is 1. The zero-order chi connectivity index (χ0) is 16.6. The molecule has 1 saturated heterocycles. The van der Waals surface area contributed by atoms with Gasteiger partial charge in [0.15, 0.2) is 0 Å². The van der Waals surface area contributed by atoms with Gasteiger partial charge in [0.2, 0.25) is 0 Å². The van der Waals surface area contributed by atoms with E-state index in [1.165, 1.54) is 6.07 Å². The molecule has 1 unspecified atom stereocenters. The first-order valence-corrected chi connectivity index (χ1v) is 7.63. The van der Waals surface area contributed by atoms with Crippen LogP contribution >= 0.6 is 0 Å². The number of carbonyl (C=O) groups excluding carboxylic acids is 1. The summed E-state index contributed by atoms with van der Waals surface area (Å²) in [5, 5.41) is 0.428. The van der Waals surface area contributed by atoms with Crippen LogP contribution in [0.1, 0.15) is 24.3 Å². The second-order valence-electron chi connectivity index (χ2n) is 6.52. The number of halogens is 1. The molecule has 0 spiro atoms. The van der Waals surface area contributed by atoms with Gasteiger partial charge in [-0.2, -0.15) is 0 Å². The Bertz CT molecular complexity index is 726. The minimum atomic E-state index is -0.450. The molecule has 0 saturated carbocycles. The highest BCUT2D eigenvalue weighted by molar-refractivity contribution is 5.98. The summed E-state index contributed by atoms with van der Waals surface area (Å²) >= 11 is 0. The summed E-state index contributed by atoms with van der Waals surface area (Å²) in [6, 6.07) is 6.33. The number of nitrogens with zero attached hydrogens (tertiary/aromatic N) is 1. The van der Waals surface area contributed by atoms with Gasteiger partial charge < -0.3 is 19.4 Å². The Kier molecular flexibility index (Phi) is 4.12. The van der Waals surface area contributed by atoms with Gasteiger partial charge in [0, 0.05) is 31.1 Å². The van der Waals surface area contributed by atoms with Crippen LogP contribution in [0.5, 0.6) is 0 Å². The van der Waals surface area contributed by atoms with Crippen molar-refractivity contribution in [3.63, 3.8) is 0 Å². The van der Waals surface area contributed by atoms with Gasteiger partial charge in [-0.25, -0.2) is 4.39 Å². The van der Waals surface area contributed by atoms with Crippen molar-refractivity contribution in [2.24, 2.45) is 0 Å². The van der Waals surface area contributed by atoms with Crippen LogP contribution in [0, 0.1) is 5.82 Å². The fraction of sp³-hybridized carbons (Fsp3) is 0.471. The lowest BCUT2D eigenvalue weighted by atomic mass is 10.0. The van der Waals surface area contributed by atoms with E-state index in [1.54, 1.807) is 30.2 Å². The highest BCUT2D eigenvalue weighted by Crippen LogP contribution is 2.24. The molecule has 3 rings (SSSR count). The Morgan fingerprint density at radius 1 is 1.52 bits per heavy atom. The molecule has 1 aromatic carbocycles. The van der Waals surface area contributed by atoms with Crippen molar-refractivity contribution in [1.29, 1.82) is 0 Å². The first-order chi connectivity index (χ1) is 10.9. The Labute approximate surface area is 134 Å². The number of aromatic amines is 1. The number of nitrogens with one attached hydrogen (secondary N) is 1. The first-order valence-electron chi connectivity index (χ1n) is 7.63. The molecule has 5 nitrogen and oxygen atoms in total. The molecular formula is C17H21FN2O3. The van der Waals surface area contributed by atoms with Crippen molar-refractivity contribution in [2.75, 3.05) is 26.8 Å². The molecule has 1 atom stereocenters. The largest absolute Gasteiger partial charge is 0.382 e. The summed E-state index contributed by atoms with van der Waals surface area (Å²) in [5.74, 6) is -0.490. The quantitative estimate of drug-likeness (QED) is 0.946. The minimum absolute atomic E-state index is 0.155. The van der Waals surface area contributed by atoms with Crippen molar-refractivity contribution in [3.05, 3.63) is 35.8 Å². The maximum Gasteiger partial charge on any atom is 0.270 e. The van der Waals surface area contributed by atoms with E-state index in [0.29, 0.717) is 36.3 Å². The normalized spacial score (nSPS) is 20.9. The third-order valence-electron chi connectivity index (χ3n) is 3.96. The molecule has 1 amide bonds. The number of fused-ring (bicyclic) bond motifs is 1. The maximum atomic E-state index is 13.8. The molecule has 0 aliphatic carbocycles. The van der Waals surface area contributed by atoms with E-state index in [0.717, 1.165) is 0 Å². The number of carbonyl (C=O) groups is 1. The van der Waals surface area contributed by atoms with E-state index < -0.39 is 5.60 Å². The number of methoxy groups -OCH3 is 1. The van der Waals surface area contributed by atoms with Crippen LogP contribution in [0.2, 0.25) is 0 Å². The average Bonchev–Trinajstić information content (AvgIpc) is 2.90. The number of hydrogen-bond acceptors (Lipinski definition) is 3. The molecule has 2 heterocycles. The molecule has 124 valence electrons. The van der Waals surface area contributed by atoms with Crippen molar-refractivity contribution < 1.29 is 18.7 Å². The zero-order valence-electron chi connectivity index (χ0n) is 13.6. The highest BCUT2D eigenvalue weighted by atomic mass is 19.1. The summed E-state index contributed by atoms with van der Waals surface area (Å²) in [6.45, 7) is 5.24. The van der Waals surface area contributed by atoms with Crippen molar-refractivity contribution in [1.82, 2.24) is 9.88 Å². The third-order valence-corrected chi connectivity index (χ3v) is 3.96. The molecule has 1 fully saturated rings. The van der Waals surface area contributed by atoms with Gasteiger partial charge in [0.1, 0.15) is 11.5 Å². The molecule has 1 aliphatic rings. The molecule has 1 N–H and O–H groups in total. The molecular weight excluding hydrogens is 299 g/mol. The molecule has 1 aliphatic heterocycles. The average molecular weight is 320 g/mol. The van der Waals surface area contributed by atoms with Gasteiger partial charge in [0.05, 0.1) is 18.3 Å². The number of rotatable bonds is 3. The van der Waals surface area contributed by atoms with Gasteiger partial charge in [-0.05, 0) is 32.0 Å². The number of morpholine rings is 1. The minimum Gasteiger partial charge on any atom is -0.382 e. The maximum absolute atomic E-state index is 13.8. The van der Waals surface area contributed by atoms with E-state index in [9.17, 15) is 9.18 Å². The van der Waals surface area contributed by atoms with E-state index in [2.05, 4.69) is 4.98 Å². The number of ether oxygens (including phenoxy) is 2. The monoisotopic (exact) mass is 320 g/mol. The summed E-state index contributed by atoms with van der Waals surface area (Å²) in [4.78, 5) is 17.5. The van der Waals surface area contributed by atoms with Crippen LogP contribution in [0.25, 0.3) is 10.9 Å². The summed E-state index contributed by atoms with van der Waals surface area (Å²) in [6.07, 6.45) is -0.172. The second kappa shape index (κ2) is 5.94. The van der Waals surface area contributed by atoms with Crippen LogP contribution in [-0.4, -0.2) is 54.3 Å². The van der Waals surface area contributed by atoms with E-state index in [-0.39, 0.29) is 17.8 Å². The fourth-order valence-corrected chi connectivity index (χ4v) is 3.13. The van der Waals surface area contributed by atoms with E-state index in [1.807, 2.05) is 13.8 Å². The summed E-state index contributed by atoms with van der Waals surface area (Å²) in [7, 11) is 1.61. The van der Waals surface area contributed by atoms with E-state index >= 15 is 0 Å². The molecule has 6 heteroatoms. The third kappa shape index (κ3) is 3.23. The highest BCUT2D eigenvalue weighted by Gasteiger charge is 2.36. The number of hydrogen-bond donors (Lipinski definition) is 1. The van der Waals surface area contributed by atoms with Crippen LogP contribution < -0.4 is 0 Å². The standard InChI is InChI=1S/C17H21FN2O3/c1-17(2)10-20(8-11(23-17)9-22-3)16(21)15-7-12-13(18)5-4-6-14(12)19-15/h4-7,11,19H,8-10H2,1-3H3. The van der Waals surface area contributed by atoms with Crippen LogP contribution in [0.4, 0.5) is 4.39 Å². The van der Waals surface area contributed by atoms with Gasteiger partial charge in [-0.3, -0.25) is 4.79 Å². The zero-order valence-corrected chi connectivity index (χ0v) is 13.6. The van der Waals surface area contributed by atoms with Gasteiger partial charge in [0.25, 0.3) is 5.91 Å². The fourth-order valence-electron chi connectivity index (χ4n) is 3.13. The lowest BCUT2D eigenvalue weighted by Gasteiger charge is -2.42. The van der Waals surface area contributed by atoms with Gasteiger partial charge >= 0.3 is 0 Å². The molecule has 0 radical (unpaired) electrons. The van der Waals surface area contributed by atoms with E-state index in [4.69, 9.17) is 9.47 Å². The van der Waals surface area contributed by atoms with Crippen LogP contribution in [-0.2, 0) is 9.47 Å². The lowest BCUT2D eigenvalue weighted by molar-refractivity contribution is -0.143. The Morgan fingerprint density at radius 3 is 3.00 bits per heavy atom. The number of benzene rings is 1. The summed E-state index contributed by atoms with van der Waals surface area (Å²) < 4.78 is 24.9. The van der Waals surface area contributed by atoms with Crippen molar-refractivity contribution in [2.45, 2.75) is 25.6 Å². The smallest absolute Gasteiger partial charge is 0.270 e. The van der Waals surface area contributed by atoms with Gasteiger partial charge in [-0.1, -0.05) is 6.07 Å². The molecule has 0 bridgehead atoms. The summed E-state index contributed by atoms with van der Waals surface area (Å²) in [5.41, 5.74) is 0.558.